The van der Waals surface area contributed by atoms with Gasteiger partial charge in [-0.05, 0) is 19.8 Å². The molecular formula is C9H17NO3. The van der Waals surface area contributed by atoms with Crippen molar-refractivity contribution in [3.05, 3.63) is 0 Å². The van der Waals surface area contributed by atoms with Crippen LogP contribution in [0.25, 0.3) is 0 Å². The molecule has 4 heteroatoms. The smallest absolute Gasteiger partial charge is 0.435 e. The maximum absolute atomic E-state index is 10.9. The normalized spacial score (nSPS) is 33.0. The third kappa shape index (κ3) is 2.88. The third-order valence-corrected chi connectivity index (χ3v) is 2.39. The predicted molar refractivity (Wildman–Crippen MR) is 48.3 cm³/mol. The zero-order valence-corrected chi connectivity index (χ0v) is 8.37. The number of hydrogen-bond acceptors (Lipinski definition) is 4. The van der Waals surface area contributed by atoms with Gasteiger partial charge in [0.2, 0.25) is 0 Å². The Labute approximate surface area is 78.6 Å². The molecule has 1 heterocycles. The Hall–Kier alpha value is -0.770. The van der Waals surface area contributed by atoms with E-state index in [1.54, 1.807) is 6.92 Å². The lowest BCUT2D eigenvalue weighted by Crippen LogP contribution is -2.32. The molecule has 0 aromatic heterocycles. The van der Waals surface area contributed by atoms with Gasteiger partial charge in [-0.25, -0.2) is 4.79 Å². The van der Waals surface area contributed by atoms with Crippen molar-refractivity contribution in [1.82, 2.24) is 5.32 Å². The van der Waals surface area contributed by atoms with Gasteiger partial charge in [-0.15, -0.1) is 0 Å². The van der Waals surface area contributed by atoms with Crippen LogP contribution in [0.5, 0.6) is 0 Å². The maximum Gasteiger partial charge on any atom is 0.509 e. The first-order valence-corrected chi connectivity index (χ1v) is 4.73. The fraction of sp³-hybridized carbons (Fsp3) is 0.889. The largest absolute Gasteiger partial charge is 0.509 e. The summed E-state index contributed by atoms with van der Waals surface area (Å²) in [6.45, 7) is 6.33. The molecule has 3 atom stereocenters. The SMILES string of the molecule is CCOC(=O)OC1CC(C)C(C)N1. The van der Waals surface area contributed by atoms with E-state index in [0.29, 0.717) is 18.6 Å². The highest BCUT2D eigenvalue weighted by atomic mass is 16.7. The molecule has 13 heavy (non-hydrogen) atoms. The van der Waals surface area contributed by atoms with E-state index in [0.717, 1.165) is 6.42 Å². The Balaban J connectivity index is 2.27. The minimum absolute atomic E-state index is 0.177. The summed E-state index contributed by atoms with van der Waals surface area (Å²) in [5.41, 5.74) is 0. The molecule has 1 fully saturated rings. The zero-order chi connectivity index (χ0) is 9.84. The number of carbonyl (C=O) groups is 1. The predicted octanol–water partition coefficient (Wildman–Crippen LogP) is 1.50. The fourth-order valence-electron chi connectivity index (χ4n) is 1.42. The van der Waals surface area contributed by atoms with E-state index in [9.17, 15) is 4.79 Å². The summed E-state index contributed by atoms with van der Waals surface area (Å²) < 4.78 is 9.69. The molecule has 0 amide bonds. The van der Waals surface area contributed by atoms with E-state index in [2.05, 4.69) is 23.9 Å². The van der Waals surface area contributed by atoms with Gasteiger partial charge in [0, 0.05) is 12.5 Å². The zero-order valence-electron chi connectivity index (χ0n) is 8.37. The van der Waals surface area contributed by atoms with Crippen LogP contribution < -0.4 is 5.32 Å². The van der Waals surface area contributed by atoms with Gasteiger partial charge < -0.3 is 9.47 Å². The van der Waals surface area contributed by atoms with Crippen LogP contribution in [-0.2, 0) is 9.47 Å². The van der Waals surface area contributed by atoms with E-state index in [1.807, 2.05) is 0 Å². The second-order valence-corrected chi connectivity index (χ2v) is 3.46. The van der Waals surface area contributed by atoms with Gasteiger partial charge in [0.25, 0.3) is 0 Å². The molecule has 1 rings (SSSR count). The molecule has 1 aliphatic rings. The van der Waals surface area contributed by atoms with Crippen molar-refractivity contribution in [2.24, 2.45) is 5.92 Å². The minimum atomic E-state index is -0.582. The molecule has 0 aromatic carbocycles. The summed E-state index contributed by atoms with van der Waals surface area (Å²) in [5.74, 6) is 0.541. The van der Waals surface area contributed by atoms with Crippen LogP contribution >= 0.6 is 0 Å². The summed E-state index contributed by atoms with van der Waals surface area (Å²) in [5, 5.41) is 3.17. The van der Waals surface area contributed by atoms with Crippen molar-refractivity contribution < 1.29 is 14.3 Å². The molecule has 4 nitrogen and oxygen atoms in total. The second-order valence-electron chi connectivity index (χ2n) is 3.46. The lowest BCUT2D eigenvalue weighted by atomic mass is 10.1. The monoisotopic (exact) mass is 187 g/mol. The summed E-state index contributed by atoms with van der Waals surface area (Å²) in [4.78, 5) is 10.9. The van der Waals surface area contributed by atoms with Crippen molar-refractivity contribution in [2.75, 3.05) is 6.61 Å². The second kappa shape index (κ2) is 4.46. The quantitative estimate of drug-likeness (QED) is 0.665. The maximum atomic E-state index is 10.9. The Bertz CT molecular complexity index is 174. The van der Waals surface area contributed by atoms with Crippen LogP contribution in [0.4, 0.5) is 4.79 Å². The molecule has 3 unspecified atom stereocenters. The van der Waals surface area contributed by atoms with Crippen LogP contribution in [0.1, 0.15) is 27.2 Å². The van der Waals surface area contributed by atoms with Gasteiger partial charge in [0.05, 0.1) is 6.61 Å². The van der Waals surface area contributed by atoms with Crippen molar-refractivity contribution in [1.29, 1.82) is 0 Å². The number of carbonyl (C=O) groups excluding carboxylic acids is 1. The van der Waals surface area contributed by atoms with Crippen LogP contribution in [0.3, 0.4) is 0 Å². The lowest BCUT2D eigenvalue weighted by molar-refractivity contribution is 0.0195. The fourth-order valence-corrected chi connectivity index (χ4v) is 1.42. The molecule has 1 saturated heterocycles. The lowest BCUT2D eigenvalue weighted by Gasteiger charge is -2.12. The first kappa shape index (κ1) is 10.3. The molecule has 0 aromatic rings. The Morgan fingerprint density at radius 1 is 1.54 bits per heavy atom. The summed E-state index contributed by atoms with van der Waals surface area (Å²) in [6, 6.07) is 0.402. The number of hydrogen-bond donors (Lipinski definition) is 1. The van der Waals surface area contributed by atoms with Gasteiger partial charge in [-0.3, -0.25) is 5.32 Å². The molecule has 0 aliphatic carbocycles. The van der Waals surface area contributed by atoms with Crippen LogP contribution in [0.2, 0.25) is 0 Å². The molecule has 0 bridgehead atoms. The minimum Gasteiger partial charge on any atom is -0.435 e. The van der Waals surface area contributed by atoms with Gasteiger partial charge in [-0.2, -0.15) is 0 Å². The molecule has 76 valence electrons. The average molecular weight is 187 g/mol. The van der Waals surface area contributed by atoms with Gasteiger partial charge >= 0.3 is 6.16 Å². The van der Waals surface area contributed by atoms with Gasteiger partial charge in [0.1, 0.15) is 0 Å². The molecule has 0 saturated carbocycles. The van der Waals surface area contributed by atoms with E-state index in [4.69, 9.17) is 4.74 Å². The number of rotatable bonds is 2. The van der Waals surface area contributed by atoms with Gasteiger partial charge in [-0.1, -0.05) is 6.92 Å². The first-order chi connectivity index (χ1) is 6.13. The van der Waals surface area contributed by atoms with Crippen LogP contribution in [0, 0.1) is 5.92 Å². The van der Waals surface area contributed by atoms with Crippen molar-refractivity contribution in [3.63, 3.8) is 0 Å². The van der Waals surface area contributed by atoms with Crippen molar-refractivity contribution >= 4 is 6.16 Å². The molecule has 1 aliphatic heterocycles. The van der Waals surface area contributed by atoms with E-state index < -0.39 is 6.16 Å². The van der Waals surface area contributed by atoms with Gasteiger partial charge in [0.15, 0.2) is 6.23 Å². The summed E-state index contributed by atoms with van der Waals surface area (Å²) in [7, 11) is 0. The summed E-state index contributed by atoms with van der Waals surface area (Å²) >= 11 is 0. The molecular weight excluding hydrogens is 170 g/mol. The van der Waals surface area contributed by atoms with E-state index in [1.165, 1.54) is 0 Å². The standard InChI is InChI=1S/C9H17NO3/c1-4-12-9(11)13-8-5-6(2)7(3)10-8/h6-8,10H,4-5H2,1-3H3. The van der Waals surface area contributed by atoms with Crippen LogP contribution in [0.15, 0.2) is 0 Å². The average Bonchev–Trinajstić information content (AvgIpc) is 2.31. The van der Waals surface area contributed by atoms with Crippen LogP contribution in [-0.4, -0.2) is 25.0 Å². The first-order valence-electron chi connectivity index (χ1n) is 4.73. The number of ether oxygens (including phenoxy) is 2. The highest BCUT2D eigenvalue weighted by Gasteiger charge is 2.29. The highest BCUT2D eigenvalue weighted by molar-refractivity contribution is 5.60. The van der Waals surface area contributed by atoms with E-state index in [-0.39, 0.29) is 6.23 Å². The molecule has 1 N–H and O–H groups in total. The topological polar surface area (TPSA) is 47.6 Å². The Morgan fingerprint density at radius 2 is 2.23 bits per heavy atom. The van der Waals surface area contributed by atoms with Crippen molar-refractivity contribution in [2.45, 2.75) is 39.5 Å². The number of nitrogens with one attached hydrogen (secondary N) is 1. The Kier molecular flexibility index (Phi) is 3.54. The Morgan fingerprint density at radius 3 is 2.69 bits per heavy atom. The third-order valence-electron chi connectivity index (χ3n) is 2.39. The van der Waals surface area contributed by atoms with E-state index >= 15 is 0 Å². The van der Waals surface area contributed by atoms with Crippen molar-refractivity contribution in [3.8, 4) is 0 Å². The molecule has 0 radical (unpaired) electrons. The highest BCUT2D eigenvalue weighted by Crippen LogP contribution is 2.20. The summed E-state index contributed by atoms with van der Waals surface area (Å²) in [6.07, 6.45) is 0.102. The molecule has 0 spiro atoms.